The largest absolute Gasteiger partial charge is 0.494 e. The van der Waals surface area contributed by atoms with Gasteiger partial charge in [-0.1, -0.05) is 29.8 Å². The Kier molecular flexibility index (Phi) is 5.59. The third-order valence-corrected chi connectivity index (χ3v) is 3.67. The first kappa shape index (κ1) is 15.8. The molecular formula is C17H19ClFNO. The van der Waals surface area contributed by atoms with Gasteiger partial charge in [0.25, 0.3) is 0 Å². The topological polar surface area (TPSA) is 21.3 Å². The minimum Gasteiger partial charge on any atom is -0.494 e. The van der Waals surface area contributed by atoms with Gasteiger partial charge in [-0.15, -0.1) is 0 Å². The fraction of sp³-hybridized carbons (Fsp3) is 0.294. The molecule has 0 spiro atoms. The fourth-order valence-corrected chi connectivity index (χ4v) is 2.37. The van der Waals surface area contributed by atoms with E-state index >= 15 is 0 Å². The van der Waals surface area contributed by atoms with Gasteiger partial charge >= 0.3 is 0 Å². The normalized spacial score (nSPS) is 12.2. The summed E-state index contributed by atoms with van der Waals surface area (Å²) in [7, 11) is 1.90. The van der Waals surface area contributed by atoms with Crippen LogP contribution in [-0.4, -0.2) is 13.7 Å². The van der Waals surface area contributed by atoms with E-state index < -0.39 is 0 Å². The minimum absolute atomic E-state index is 0.112. The fourth-order valence-electron chi connectivity index (χ4n) is 2.25. The lowest BCUT2D eigenvalue weighted by atomic mass is 9.99. The Balaban J connectivity index is 2.13. The first-order valence-electron chi connectivity index (χ1n) is 6.98. The molecule has 2 aromatic carbocycles. The lowest BCUT2D eigenvalue weighted by Gasteiger charge is -2.17. The van der Waals surface area contributed by atoms with Crippen LogP contribution in [0.2, 0.25) is 5.02 Å². The smallest absolute Gasteiger partial charge is 0.142 e. The van der Waals surface area contributed by atoms with Gasteiger partial charge in [0.2, 0.25) is 0 Å². The third-order valence-electron chi connectivity index (χ3n) is 3.37. The Bertz CT molecular complexity index is 586. The van der Waals surface area contributed by atoms with Crippen molar-refractivity contribution in [3.05, 3.63) is 64.4 Å². The second kappa shape index (κ2) is 7.43. The Hall–Kier alpha value is -1.58. The van der Waals surface area contributed by atoms with Crippen molar-refractivity contribution in [1.82, 2.24) is 5.32 Å². The first-order valence-corrected chi connectivity index (χ1v) is 7.35. The molecule has 1 unspecified atom stereocenters. The Morgan fingerprint density at radius 3 is 2.48 bits per heavy atom. The number of rotatable bonds is 6. The maximum atomic E-state index is 13.5. The van der Waals surface area contributed by atoms with E-state index in [0.29, 0.717) is 13.0 Å². The van der Waals surface area contributed by atoms with Crippen LogP contribution in [0, 0.1) is 5.82 Å². The lowest BCUT2D eigenvalue weighted by Crippen LogP contribution is -2.18. The molecule has 0 saturated heterocycles. The zero-order chi connectivity index (χ0) is 15.2. The van der Waals surface area contributed by atoms with Crippen LogP contribution in [0.5, 0.6) is 5.75 Å². The zero-order valence-electron chi connectivity index (χ0n) is 12.2. The molecule has 0 aliphatic rings. The summed E-state index contributed by atoms with van der Waals surface area (Å²) in [4.78, 5) is 0. The molecule has 0 radical (unpaired) electrons. The summed E-state index contributed by atoms with van der Waals surface area (Å²) in [6, 6.07) is 13.0. The van der Waals surface area contributed by atoms with Crippen LogP contribution in [0.4, 0.5) is 4.39 Å². The molecule has 0 heterocycles. The third kappa shape index (κ3) is 4.19. The molecule has 0 aromatic heterocycles. The number of hydrogen-bond acceptors (Lipinski definition) is 2. The SMILES string of the molecule is CCOc1ccc(C(Cc2ccc(Cl)c(F)c2)NC)cc1. The molecule has 1 N–H and O–H groups in total. The molecule has 0 aliphatic carbocycles. The van der Waals surface area contributed by atoms with Gasteiger partial charge in [-0.05, 0) is 55.8 Å². The van der Waals surface area contributed by atoms with E-state index in [1.807, 2.05) is 44.3 Å². The van der Waals surface area contributed by atoms with Gasteiger partial charge in [0, 0.05) is 6.04 Å². The van der Waals surface area contributed by atoms with Crippen molar-refractivity contribution in [1.29, 1.82) is 0 Å². The van der Waals surface area contributed by atoms with Gasteiger partial charge in [0.05, 0.1) is 11.6 Å². The number of benzene rings is 2. The molecule has 0 amide bonds. The van der Waals surface area contributed by atoms with E-state index in [4.69, 9.17) is 16.3 Å². The lowest BCUT2D eigenvalue weighted by molar-refractivity contribution is 0.340. The predicted molar refractivity (Wildman–Crippen MR) is 84.5 cm³/mol. The van der Waals surface area contributed by atoms with Crippen molar-refractivity contribution in [3.8, 4) is 5.75 Å². The number of likely N-dealkylation sites (N-methyl/N-ethyl adjacent to an activating group) is 1. The zero-order valence-corrected chi connectivity index (χ0v) is 13.0. The number of hydrogen-bond donors (Lipinski definition) is 1. The molecule has 0 aliphatic heterocycles. The molecule has 0 saturated carbocycles. The molecule has 2 rings (SSSR count). The van der Waals surface area contributed by atoms with Crippen LogP contribution in [-0.2, 0) is 6.42 Å². The average molecular weight is 308 g/mol. The van der Waals surface area contributed by atoms with E-state index in [2.05, 4.69) is 5.32 Å². The highest BCUT2D eigenvalue weighted by Crippen LogP contribution is 2.23. The van der Waals surface area contributed by atoms with Crippen molar-refractivity contribution in [2.75, 3.05) is 13.7 Å². The highest BCUT2D eigenvalue weighted by Gasteiger charge is 2.11. The van der Waals surface area contributed by atoms with Gasteiger partial charge < -0.3 is 10.1 Å². The van der Waals surface area contributed by atoms with Gasteiger partial charge in [0.1, 0.15) is 11.6 Å². The standard InChI is InChI=1S/C17H19ClFNO/c1-3-21-14-7-5-13(6-8-14)17(20-2)11-12-4-9-15(18)16(19)10-12/h4-10,17,20H,3,11H2,1-2H3. The molecule has 2 aromatic rings. The van der Waals surface area contributed by atoms with Crippen molar-refractivity contribution in [2.45, 2.75) is 19.4 Å². The molecule has 0 fully saturated rings. The van der Waals surface area contributed by atoms with Crippen molar-refractivity contribution >= 4 is 11.6 Å². The highest BCUT2D eigenvalue weighted by molar-refractivity contribution is 6.30. The number of halogens is 2. The quantitative estimate of drug-likeness (QED) is 0.855. The van der Waals surface area contributed by atoms with E-state index in [-0.39, 0.29) is 16.9 Å². The summed E-state index contributed by atoms with van der Waals surface area (Å²) in [5, 5.41) is 3.41. The van der Waals surface area contributed by atoms with Crippen LogP contribution >= 0.6 is 11.6 Å². The van der Waals surface area contributed by atoms with E-state index in [0.717, 1.165) is 16.9 Å². The molecule has 1 atom stereocenters. The molecular weight excluding hydrogens is 289 g/mol. The second-order valence-electron chi connectivity index (χ2n) is 4.80. The highest BCUT2D eigenvalue weighted by atomic mass is 35.5. The minimum atomic E-state index is -0.379. The van der Waals surface area contributed by atoms with Crippen molar-refractivity contribution in [3.63, 3.8) is 0 Å². The Labute approximate surface area is 129 Å². The molecule has 0 bridgehead atoms. The van der Waals surface area contributed by atoms with Crippen LogP contribution < -0.4 is 10.1 Å². The van der Waals surface area contributed by atoms with Gasteiger partial charge in [0.15, 0.2) is 0 Å². The summed E-state index contributed by atoms with van der Waals surface area (Å²) >= 11 is 5.71. The summed E-state index contributed by atoms with van der Waals surface area (Å²) < 4.78 is 18.9. The number of nitrogens with one attached hydrogen (secondary N) is 1. The molecule has 2 nitrogen and oxygen atoms in total. The Morgan fingerprint density at radius 1 is 1.19 bits per heavy atom. The van der Waals surface area contributed by atoms with E-state index in [1.54, 1.807) is 6.07 Å². The summed E-state index contributed by atoms with van der Waals surface area (Å²) in [5.41, 5.74) is 2.04. The van der Waals surface area contributed by atoms with Gasteiger partial charge in [-0.2, -0.15) is 0 Å². The van der Waals surface area contributed by atoms with Crippen LogP contribution in [0.3, 0.4) is 0 Å². The van der Waals surface area contributed by atoms with E-state index in [9.17, 15) is 4.39 Å². The molecule has 4 heteroatoms. The average Bonchev–Trinajstić information content (AvgIpc) is 2.50. The number of ether oxygens (including phenoxy) is 1. The first-order chi connectivity index (χ1) is 10.1. The summed E-state index contributed by atoms with van der Waals surface area (Å²) in [6.45, 7) is 2.61. The van der Waals surface area contributed by atoms with Crippen molar-refractivity contribution in [2.24, 2.45) is 0 Å². The monoisotopic (exact) mass is 307 g/mol. The summed E-state index contributed by atoms with van der Waals surface area (Å²) in [5.74, 6) is 0.476. The maximum Gasteiger partial charge on any atom is 0.142 e. The predicted octanol–water partition coefficient (Wildman–Crippen LogP) is 4.38. The van der Waals surface area contributed by atoms with Crippen molar-refractivity contribution < 1.29 is 9.13 Å². The van der Waals surface area contributed by atoms with Crippen LogP contribution in [0.15, 0.2) is 42.5 Å². The molecule has 112 valence electrons. The van der Waals surface area contributed by atoms with Gasteiger partial charge in [-0.25, -0.2) is 4.39 Å². The molecule has 21 heavy (non-hydrogen) atoms. The second-order valence-corrected chi connectivity index (χ2v) is 5.20. The maximum absolute atomic E-state index is 13.5. The van der Waals surface area contributed by atoms with E-state index in [1.165, 1.54) is 6.07 Å². The van der Waals surface area contributed by atoms with Gasteiger partial charge in [-0.3, -0.25) is 0 Å². The van der Waals surface area contributed by atoms with Crippen LogP contribution in [0.1, 0.15) is 24.1 Å². The summed E-state index contributed by atoms with van der Waals surface area (Å²) in [6.07, 6.45) is 0.693. The Morgan fingerprint density at radius 2 is 1.90 bits per heavy atom. The van der Waals surface area contributed by atoms with Crippen LogP contribution in [0.25, 0.3) is 0 Å².